The van der Waals surface area contributed by atoms with Gasteiger partial charge in [0.05, 0.1) is 7.11 Å². The number of para-hydroxylation sites is 1. The summed E-state index contributed by atoms with van der Waals surface area (Å²) in [6.45, 7) is 2.45. The Balaban J connectivity index is 2.35. The largest absolute Gasteiger partial charge is 0.496 e. The Morgan fingerprint density at radius 2 is 2.17 bits per heavy atom. The molecule has 2 rings (SSSR count). The smallest absolute Gasteiger partial charge is 0.276 e. The van der Waals surface area contributed by atoms with E-state index in [0.717, 1.165) is 11.3 Å². The molecule has 0 aromatic heterocycles. The van der Waals surface area contributed by atoms with Crippen LogP contribution in [-0.2, 0) is 4.79 Å². The first-order valence-corrected chi connectivity index (χ1v) is 6.05. The number of carbonyl (C=O) groups excluding carboxylic acids is 1. The van der Waals surface area contributed by atoms with Gasteiger partial charge in [0, 0.05) is 12.1 Å². The van der Waals surface area contributed by atoms with E-state index in [1.54, 1.807) is 13.2 Å². The number of hydrogen-bond acceptors (Lipinski definition) is 3. The van der Waals surface area contributed by atoms with Crippen LogP contribution in [0.5, 0.6) is 5.75 Å². The van der Waals surface area contributed by atoms with Crippen LogP contribution in [0.25, 0.3) is 6.08 Å². The molecule has 1 aliphatic heterocycles. The molecule has 1 amide bonds. The van der Waals surface area contributed by atoms with Crippen molar-refractivity contribution >= 4 is 29.3 Å². The summed E-state index contributed by atoms with van der Waals surface area (Å²) >= 11 is 5.09. The van der Waals surface area contributed by atoms with Crippen LogP contribution in [0, 0.1) is 0 Å². The standard InChI is InChI=1S/C13H14N2O2S/c1-3-15-12(16)10(14-13(15)18)8-9-6-4-5-7-11(9)17-2/h4-8H,3H2,1-2H3,(H,14,18)/b10-8+. The maximum atomic E-state index is 12.0. The summed E-state index contributed by atoms with van der Waals surface area (Å²) in [5.41, 5.74) is 1.32. The monoisotopic (exact) mass is 262 g/mol. The molecule has 94 valence electrons. The summed E-state index contributed by atoms with van der Waals surface area (Å²) in [6.07, 6.45) is 1.75. The van der Waals surface area contributed by atoms with E-state index in [1.807, 2.05) is 31.2 Å². The van der Waals surface area contributed by atoms with E-state index in [2.05, 4.69) is 5.32 Å². The van der Waals surface area contributed by atoms with Crippen LogP contribution in [0.15, 0.2) is 30.0 Å². The molecular formula is C13H14N2O2S. The molecular weight excluding hydrogens is 248 g/mol. The van der Waals surface area contributed by atoms with Crippen molar-refractivity contribution in [2.24, 2.45) is 0 Å². The van der Waals surface area contributed by atoms with E-state index in [9.17, 15) is 4.79 Å². The van der Waals surface area contributed by atoms with Crippen LogP contribution in [-0.4, -0.2) is 29.6 Å². The number of benzene rings is 1. The molecule has 4 nitrogen and oxygen atoms in total. The Morgan fingerprint density at radius 3 is 2.78 bits per heavy atom. The molecule has 0 unspecified atom stereocenters. The van der Waals surface area contributed by atoms with Crippen LogP contribution in [0.1, 0.15) is 12.5 Å². The lowest BCUT2D eigenvalue weighted by Crippen LogP contribution is -2.30. The molecule has 0 atom stereocenters. The maximum Gasteiger partial charge on any atom is 0.276 e. The van der Waals surface area contributed by atoms with E-state index in [-0.39, 0.29) is 5.91 Å². The number of carbonyl (C=O) groups is 1. The predicted octanol–water partition coefficient (Wildman–Crippen LogP) is 1.77. The van der Waals surface area contributed by atoms with Gasteiger partial charge in [-0.2, -0.15) is 0 Å². The zero-order chi connectivity index (χ0) is 13.1. The number of methoxy groups -OCH3 is 1. The van der Waals surface area contributed by atoms with Gasteiger partial charge in [-0.05, 0) is 31.3 Å². The van der Waals surface area contributed by atoms with E-state index >= 15 is 0 Å². The molecule has 1 N–H and O–H groups in total. The zero-order valence-corrected chi connectivity index (χ0v) is 11.1. The first-order chi connectivity index (χ1) is 8.67. The molecule has 1 fully saturated rings. The highest BCUT2D eigenvalue weighted by Gasteiger charge is 2.29. The van der Waals surface area contributed by atoms with Crippen molar-refractivity contribution in [1.82, 2.24) is 10.2 Å². The van der Waals surface area contributed by atoms with Gasteiger partial charge in [-0.15, -0.1) is 0 Å². The average Bonchev–Trinajstić information content (AvgIpc) is 2.65. The fourth-order valence-electron chi connectivity index (χ4n) is 1.80. The van der Waals surface area contributed by atoms with Crippen LogP contribution >= 0.6 is 12.2 Å². The van der Waals surface area contributed by atoms with Gasteiger partial charge in [0.1, 0.15) is 11.4 Å². The van der Waals surface area contributed by atoms with E-state index in [0.29, 0.717) is 17.4 Å². The third-order valence-corrected chi connectivity index (χ3v) is 3.04. The molecule has 1 saturated heterocycles. The zero-order valence-electron chi connectivity index (χ0n) is 10.3. The van der Waals surface area contributed by atoms with Crippen LogP contribution in [0.2, 0.25) is 0 Å². The highest BCUT2D eigenvalue weighted by Crippen LogP contribution is 2.21. The minimum Gasteiger partial charge on any atom is -0.496 e. The summed E-state index contributed by atoms with van der Waals surface area (Å²) in [7, 11) is 1.60. The molecule has 1 aromatic rings. The van der Waals surface area contributed by atoms with Crippen molar-refractivity contribution in [3.63, 3.8) is 0 Å². The van der Waals surface area contributed by atoms with E-state index in [1.165, 1.54) is 4.90 Å². The van der Waals surface area contributed by atoms with Crippen LogP contribution in [0.4, 0.5) is 0 Å². The number of thiocarbonyl (C=S) groups is 1. The summed E-state index contributed by atoms with van der Waals surface area (Å²) in [5, 5.41) is 3.37. The second-order valence-electron chi connectivity index (χ2n) is 3.78. The molecule has 0 aliphatic carbocycles. The Kier molecular flexibility index (Phi) is 3.62. The van der Waals surface area contributed by atoms with Crippen LogP contribution in [0.3, 0.4) is 0 Å². The van der Waals surface area contributed by atoms with Crippen molar-refractivity contribution < 1.29 is 9.53 Å². The molecule has 0 radical (unpaired) electrons. The number of nitrogens with one attached hydrogen (secondary N) is 1. The van der Waals surface area contributed by atoms with Gasteiger partial charge in [-0.3, -0.25) is 9.69 Å². The molecule has 0 saturated carbocycles. The number of nitrogens with zero attached hydrogens (tertiary/aromatic N) is 1. The molecule has 0 spiro atoms. The number of hydrogen-bond donors (Lipinski definition) is 1. The molecule has 1 aliphatic rings. The Hall–Kier alpha value is -1.88. The molecule has 5 heteroatoms. The fourth-order valence-corrected chi connectivity index (χ4v) is 2.12. The van der Waals surface area contributed by atoms with Gasteiger partial charge in [-0.1, -0.05) is 18.2 Å². The predicted molar refractivity (Wildman–Crippen MR) is 74.1 cm³/mol. The lowest BCUT2D eigenvalue weighted by molar-refractivity contribution is -0.122. The summed E-state index contributed by atoms with van der Waals surface area (Å²) in [5.74, 6) is 0.619. The minimum absolute atomic E-state index is 0.103. The Labute approximate surface area is 111 Å². The summed E-state index contributed by atoms with van der Waals surface area (Å²) in [6, 6.07) is 7.51. The first kappa shape index (κ1) is 12.6. The molecule has 18 heavy (non-hydrogen) atoms. The first-order valence-electron chi connectivity index (χ1n) is 5.65. The normalized spacial score (nSPS) is 17.2. The number of rotatable bonds is 3. The van der Waals surface area contributed by atoms with Gasteiger partial charge in [-0.25, -0.2) is 0 Å². The van der Waals surface area contributed by atoms with Crippen LogP contribution < -0.4 is 10.1 Å². The molecule has 1 heterocycles. The highest BCUT2D eigenvalue weighted by molar-refractivity contribution is 7.80. The highest BCUT2D eigenvalue weighted by atomic mass is 32.1. The van der Waals surface area contributed by atoms with Gasteiger partial charge in [0.2, 0.25) is 0 Å². The Morgan fingerprint density at radius 1 is 1.44 bits per heavy atom. The minimum atomic E-state index is -0.103. The maximum absolute atomic E-state index is 12.0. The van der Waals surface area contributed by atoms with Gasteiger partial charge >= 0.3 is 0 Å². The lowest BCUT2D eigenvalue weighted by atomic mass is 10.1. The SMILES string of the molecule is CCN1C(=O)/C(=C\c2ccccc2OC)NC1=S. The van der Waals surface area contributed by atoms with Gasteiger partial charge in [0.15, 0.2) is 5.11 Å². The lowest BCUT2D eigenvalue weighted by Gasteiger charge is -2.09. The van der Waals surface area contributed by atoms with E-state index in [4.69, 9.17) is 17.0 Å². The Bertz CT molecular complexity index is 525. The van der Waals surface area contributed by atoms with Crippen molar-refractivity contribution in [2.75, 3.05) is 13.7 Å². The van der Waals surface area contributed by atoms with Crippen molar-refractivity contribution in [2.45, 2.75) is 6.92 Å². The number of ether oxygens (including phenoxy) is 1. The van der Waals surface area contributed by atoms with Crippen molar-refractivity contribution in [3.8, 4) is 5.75 Å². The van der Waals surface area contributed by atoms with Gasteiger partial charge in [0.25, 0.3) is 5.91 Å². The quantitative estimate of drug-likeness (QED) is 0.666. The topological polar surface area (TPSA) is 41.6 Å². The number of amides is 1. The number of likely N-dealkylation sites (N-methyl/N-ethyl adjacent to an activating group) is 1. The third kappa shape index (κ3) is 2.22. The molecule has 1 aromatic carbocycles. The average molecular weight is 262 g/mol. The second-order valence-corrected chi connectivity index (χ2v) is 4.17. The van der Waals surface area contributed by atoms with Crippen molar-refractivity contribution in [3.05, 3.63) is 35.5 Å². The third-order valence-electron chi connectivity index (χ3n) is 2.72. The summed E-state index contributed by atoms with van der Waals surface area (Å²) < 4.78 is 5.24. The van der Waals surface area contributed by atoms with Gasteiger partial charge < -0.3 is 10.1 Å². The fraction of sp³-hybridized carbons (Fsp3) is 0.231. The van der Waals surface area contributed by atoms with E-state index < -0.39 is 0 Å². The molecule has 0 bridgehead atoms. The second kappa shape index (κ2) is 5.18. The van der Waals surface area contributed by atoms with Crippen molar-refractivity contribution in [1.29, 1.82) is 0 Å². The summed E-state index contributed by atoms with van der Waals surface area (Å²) in [4.78, 5) is 13.5.